The molecule has 1 atom stereocenters. The molecule has 31 heavy (non-hydrogen) atoms. The third-order valence-electron chi connectivity index (χ3n) is 5.29. The van der Waals surface area contributed by atoms with Gasteiger partial charge in [0.2, 0.25) is 0 Å². The lowest BCUT2D eigenvalue weighted by Crippen LogP contribution is -2.41. The Kier molecular flexibility index (Phi) is 5.48. The summed E-state index contributed by atoms with van der Waals surface area (Å²) in [7, 11) is 0. The molecule has 0 unspecified atom stereocenters. The average Bonchev–Trinajstić information content (AvgIpc) is 3.23. The van der Waals surface area contributed by atoms with E-state index in [9.17, 15) is 9.90 Å². The molecular formula is C23H18ClN5O2. The number of amides is 1. The van der Waals surface area contributed by atoms with Crippen LogP contribution < -0.4 is 0 Å². The Morgan fingerprint density at radius 3 is 2.58 bits per heavy atom. The van der Waals surface area contributed by atoms with E-state index in [4.69, 9.17) is 24.7 Å². The number of halogens is 1. The summed E-state index contributed by atoms with van der Waals surface area (Å²) in [5.41, 5.74) is 3.66. The van der Waals surface area contributed by atoms with Gasteiger partial charge < -0.3 is 10.0 Å². The first-order valence-corrected chi connectivity index (χ1v) is 9.99. The first kappa shape index (κ1) is 20.6. The van der Waals surface area contributed by atoms with E-state index in [0.29, 0.717) is 46.3 Å². The number of nitrogens with zero attached hydrogens (tertiary/aromatic N) is 5. The van der Waals surface area contributed by atoms with Crippen molar-refractivity contribution in [2.75, 3.05) is 6.54 Å². The third-order valence-corrected chi connectivity index (χ3v) is 5.51. The van der Waals surface area contributed by atoms with Crippen molar-refractivity contribution < 1.29 is 9.90 Å². The number of fused-ring (bicyclic) bond motifs is 1. The summed E-state index contributed by atoms with van der Waals surface area (Å²) in [6.45, 7) is 17.1. The molecule has 0 fully saturated rings. The average molecular weight is 432 g/mol. The summed E-state index contributed by atoms with van der Waals surface area (Å²) in [6.07, 6.45) is 0. The second-order valence-electron chi connectivity index (χ2n) is 7.40. The minimum atomic E-state index is -0.295. The summed E-state index contributed by atoms with van der Waals surface area (Å²) in [5.74, 6) is -0.157. The molecule has 1 N–H and O–H groups in total. The highest BCUT2D eigenvalue weighted by atomic mass is 35.5. The predicted molar refractivity (Wildman–Crippen MR) is 117 cm³/mol. The number of hydrogen-bond donors (Lipinski definition) is 1. The quantitative estimate of drug-likeness (QED) is 0.590. The fourth-order valence-corrected chi connectivity index (χ4v) is 4.08. The number of carbonyl (C=O) groups is 1. The van der Waals surface area contributed by atoms with E-state index in [0.717, 1.165) is 5.56 Å². The number of aliphatic hydroxyl groups is 1. The molecule has 0 bridgehead atoms. The molecule has 1 amide bonds. The first-order chi connectivity index (χ1) is 14.9. The summed E-state index contributed by atoms with van der Waals surface area (Å²) in [5, 5.41) is 14.8. The van der Waals surface area contributed by atoms with Crippen LogP contribution in [0.25, 0.3) is 20.9 Å². The lowest BCUT2D eigenvalue weighted by atomic mass is 10.0. The number of hydrogen-bond acceptors (Lipinski definition) is 3. The standard InChI is InChI=1S/C23H18ClN5O2/c1-14-11-28(12-15-4-6-18(25-2)7-5-15)23(31)21-10-20(27-29(14)21)22-16(13-30)8-17(24)9-19(22)26-3/h4-10,14,30H,11-13H2,1H3/t14-/m0/s1. The Balaban J connectivity index is 1.70. The molecule has 8 heteroatoms. The fraction of sp³-hybridized carbons (Fsp3) is 0.217. The van der Waals surface area contributed by atoms with Gasteiger partial charge in [0.15, 0.2) is 11.4 Å². The van der Waals surface area contributed by atoms with Crippen LogP contribution >= 0.6 is 11.6 Å². The summed E-state index contributed by atoms with van der Waals surface area (Å²) < 4.78 is 1.68. The van der Waals surface area contributed by atoms with Crippen molar-refractivity contribution in [3.8, 4) is 11.3 Å². The summed E-state index contributed by atoms with van der Waals surface area (Å²) in [6, 6.07) is 11.9. The number of aliphatic hydroxyl groups excluding tert-OH is 1. The molecule has 2 heterocycles. The zero-order valence-corrected chi connectivity index (χ0v) is 17.5. The Bertz CT molecular complexity index is 1250. The van der Waals surface area contributed by atoms with E-state index in [1.807, 2.05) is 19.1 Å². The van der Waals surface area contributed by atoms with Gasteiger partial charge in [-0.05, 0) is 36.2 Å². The number of carbonyl (C=O) groups excluding carboxylic acids is 1. The molecule has 154 valence electrons. The van der Waals surface area contributed by atoms with Gasteiger partial charge in [-0.25, -0.2) is 9.69 Å². The molecule has 2 aromatic carbocycles. The summed E-state index contributed by atoms with van der Waals surface area (Å²) in [4.78, 5) is 21.9. The van der Waals surface area contributed by atoms with Gasteiger partial charge >= 0.3 is 0 Å². The van der Waals surface area contributed by atoms with Gasteiger partial charge in [0, 0.05) is 23.7 Å². The van der Waals surface area contributed by atoms with Crippen LogP contribution in [0.2, 0.25) is 5.02 Å². The monoisotopic (exact) mass is 431 g/mol. The van der Waals surface area contributed by atoms with E-state index in [-0.39, 0.29) is 24.2 Å². The van der Waals surface area contributed by atoms with E-state index >= 15 is 0 Å². The molecule has 4 rings (SSSR count). The fourth-order valence-electron chi connectivity index (χ4n) is 3.84. The third kappa shape index (κ3) is 3.77. The van der Waals surface area contributed by atoms with Gasteiger partial charge in [0.25, 0.3) is 5.91 Å². The second-order valence-corrected chi connectivity index (χ2v) is 7.84. The first-order valence-electron chi connectivity index (χ1n) is 9.61. The zero-order chi connectivity index (χ0) is 22.1. The smallest absolute Gasteiger partial charge is 0.272 e. The molecule has 1 aliphatic rings. The van der Waals surface area contributed by atoms with Crippen LogP contribution in [-0.2, 0) is 13.2 Å². The Morgan fingerprint density at radius 1 is 1.19 bits per heavy atom. The van der Waals surface area contributed by atoms with Gasteiger partial charge in [-0.2, -0.15) is 5.10 Å². The topological polar surface area (TPSA) is 67.1 Å². The molecule has 1 aliphatic heterocycles. The highest BCUT2D eigenvalue weighted by Gasteiger charge is 2.31. The molecule has 0 saturated heterocycles. The number of benzene rings is 2. The largest absolute Gasteiger partial charge is 0.392 e. The van der Waals surface area contributed by atoms with Gasteiger partial charge in [0.1, 0.15) is 5.69 Å². The van der Waals surface area contributed by atoms with Crippen LogP contribution in [0.3, 0.4) is 0 Å². The molecule has 0 aliphatic carbocycles. The summed E-state index contributed by atoms with van der Waals surface area (Å²) >= 11 is 6.07. The molecule has 0 saturated carbocycles. The van der Waals surface area contributed by atoms with E-state index < -0.39 is 0 Å². The van der Waals surface area contributed by atoms with Crippen LogP contribution in [0.1, 0.15) is 34.6 Å². The molecule has 3 aromatic rings. The molecule has 0 spiro atoms. The van der Waals surface area contributed by atoms with E-state index in [1.54, 1.807) is 33.8 Å². The maximum atomic E-state index is 13.2. The van der Waals surface area contributed by atoms with Crippen LogP contribution in [0, 0.1) is 13.1 Å². The van der Waals surface area contributed by atoms with Crippen LogP contribution in [0.4, 0.5) is 11.4 Å². The van der Waals surface area contributed by atoms with Crippen molar-refractivity contribution in [1.29, 1.82) is 0 Å². The zero-order valence-electron chi connectivity index (χ0n) is 16.7. The van der Waals surface area contributed by atoms with Crippen molar-refractivity contribution in [2.24, 2.45) is 0 Å². The van der Waals surface area contributed by atoms with Crippen molar-refractivity contribution >= 4 is 28.9 Å². The normalized spacial score (nSPS) is 15.3. The number of aromatic nitrogens is 2. The molecule has 0 radical (unpaired) electrons. The van der Waals surface area contributed by atoms with E-state index in [1.165, 1.54) is 6.07 Å². The highest BCUT2D eigenvalue weighted by Crippen LogP contribution is 2.37. The SMILES string of the molecule is [C-]#[N+]c1ccc(CN2C[C@H](C)n3nc(-c4c(CO)cc(Cl)cc4[N+]#[C-])cc3C2=O)cc1. The molecule has 7 nitrogen and oxygen atoms in total. The van der Waals surface area contributed by atoms with Crippen LogP contribution in [0.5, 0.6) is 0 Å². The maximum absolute atomic E-state index is 13.2. The second kappa shape index (κ2) is 8.23. The Morgan fingerprint density at radius 2 is 1.94 bits per heavy atom. The predicted octanol–water partition coefficient (Wildman–Crippen LogP) is 5.01. The molecular weight excluding hydrogens is 414 g/mol. The van der Waals surface area contributed by atoms with Crippen molar-refractivity contribution in [3.63, 3.8) is 0 Å². The van der Waals surface area contributed by atoms with Crippen molar-refractivity contribution in [1.82, 2.24) is 14.7 Å². The van der Waals surface area contributed by atoms with E-state index in [2.05, 4.69) is 14.8 Å². The highest BCUT2D eigenvalue weighted by molar-refractivity contribution is 6.31. The van der Waals surface area contributed by atoms with Crippen LogP contribution in [-0.4, -0.2) is 32.2 Å². The van der Waals surface area contributed by atoms with Crippen molar-refractivity contribution in [3.05, 3.63) is 87.1 Å². The van der Waals surface area contributed by atoms with Crippen molar-refractivity contribution in [2.45, 2.75) is 26.1 Å². The minimum Gasteiger partial charge on any atom is -0.392 e. The Hall–Kier alpha value is -3.65. The number of rotatable bonds is 4. The lowest BCUT2D eigenvalue weighted by Gasteiger charge is -2.31. The molecule has 1 aromatic heterocycles. The maximum Gasteiger partial charge on any atom is 0.272 e. The Labute approximate surface area is 184 Å². The van der Waals surface area contributed by atoms with Gasteiger partial charge in [-0.3, -0.25) is 9.48 Å². The van der Waals surface area contributed by atoms with Gasteiger partial charge in [0.05, 0.1) is 31.5 Å². The van der Waals surface area contributed by atoms with Gasteiger partial charge in [-0.1, -0.05) is 35.9 Å². The van der Waals surface area contributed by atoms with Gasteiger partial charge in [-0.15, -0.1) is 0 Å². The minimum absolute atomic E-state index is 0.0646. The lowest BCUT2D eigenvalue weighted by molar-refractivity contribution is 0.0651. The van der Waals surface area contributed by atoms with Crippen LogP contribution in [0.15, 0.2) is 42.5 Å².